The average molecular weight is 227 g/mol. The fourth-order valence-electron chi connectivity index (χ4n) is 0.964. The minimum atomic E-state index is 0.0294. The summed E-state index contributed by atoms with van der Waals surface area (Å²) in [6, 6.07) is 3.87. The van der Waals surface area contributed by atoms with Gasteiger partial charge in [0.25, 0.3) is 0 Å². The quantitative estimate of drug-likeness (QED) is 0.636. The number of hydrogen-bond acceptors (Lipinski definition) is 2. The van der Waals surface area contributed by atoms with Crippen LogP contribution in [-0.2, 0) is 0 Å². The maximum absolute atomic E-state index is 5.85. The van der Waals surface area contributed by atoms with Crippen LogP contribution in [0.2, 0.25) is 0 Å². The highest BCUT2D eigenvalue weighted by Crippen LogP contribution is 2.16. The number of nitrogens with zero attached hydrogens (tertiary/aromatic N) is 1. The largest absolute Gasteiger partial charge is 0.324 e. The van der Waals surface area contributed by atoms with E-state index in [0.29, 0.717) is 0 Å². The number of pyridine rings is 1. The average Bonchev–Trinajstić information content (AvgIpc) is 2.05. The van der Waals surface area contributed by atoms with Crippen LogP contribution < -0.4 is 5.73 Å². The van der Waals surface area contributed by atoms with Crippen molar-refractivity contribution in [3.63, 3.8) is 0 Å². The van der Waals surface area contributed by atoms with Crippen LogP contribution in [0.3, 0.4) is 0 Å². The summed E-state index contributed by atoms with van der Waals surface area (Å²) in [5.41, 5.74) is 6.93. The summed E-state index contributed by atoms with van der Waals surface area (Å²) in [6.07, 6.45) is 4.35. The van der Waals surface area contributed by atoms with E-state index in [1.54, 1.807) is 6.20 Å². The van der Waals surface area contributed by atoms with E-state index in [-0.39, 0.29) is 6.04 Å². The molecule has 1 rings (SSSR count). The summed E-state index contributed by atoms with van der Waals surface area (Å²) in [6.45, 7) is 3.64. The number of rotatable bonds is 3. The molecule has 3 heteroatoms. The van der Waals surface area contributed by atoms with E-state index in [1.807, 2.05) is 18.2 Å². The molecule has 1 aromatic rings. The Morgan fingerprint density at radius 3 is 3.08 bits per heavy atom. The number of halogens is 1. The summed E-state index contributed by atoms with van der Waals surface area (Å²) in [5.74, 6) is 0. The smallest absolute Gasteiger partial charge is 0.106 e. The van der Waals surface area contributed by atoms with Crippen LogP contribution >= 0.6 is 15.9 Å². The highest BCUT2D eigenvalue weighted by Gasteiger charge is 2.03. The second-order valence-electron chi connectivity index (χ2n) is 2.54. The molecule has 64 valence electrons. The highest BCUT2D eigenvalue weighted by molar-refractivity contribution is 9.10. The molecule has 0 aromatic carbocycles. The van der Waals surface area contributed by atoms with Gasteiger partial charge in [0.1, 0.15) is 4.60 Å². The molecule has 12 heavy (non-hydrogen) atoms. The maximum atomic E-state index is 5.85. The lowest BCUT2D eigenvalue weighted by Crippen LogP contribution is -2.08. The summed E-state index contributed by atoms with van der Waals surface area (Å²) < 4.78 is 0.819. The zero-order valence-corrected chi connectivity index (χ0v) is 8.29. The first-order chi connectivity index (χ1) is 5.74. The van der Waals surface area contributed by atoms with Gasteiger partial charge in [-0.15, -0.1) is 6.58 Å². The number of aromatic nitrogens is 1. The van der Waals surface area contributed by atoms with Crippen LogP contribution in [0.5, 0.6) is 0 Å². The van der Waals surface area contributed by atoms with E-state index in [4.69, 9.17) is 5.73 Å². The van der Waals surface area contributed by atoms with Crippen molar-refractivity contribution in [2.75, 3.05) is 0 Å². The molecule has 0 saturated heterocycles. The normalized spacial score (nSPS) is 12.5. The van der Waals surface area contributed by atoms with Gasteiger partial charge in [-0.25, -0.2) is 4.98 Å². The van der Waals surface area contributed by atoms with Gasteiger partial charge in [-0.05, 0) is 40.0 Å². The van der Waals surface area contributed by atoms with Gasteiger partial charge in [0.15, 0.2) is 0 Å². The molecule has 2 nitrogen and oxygen atoms in total. The van der Waals surface area contributed by atoms with Crippen molar-refractivity contribution in [1.82, 2.24) is 4.98 Å². The Bertz CT molecular complexity index is 273. The third-order valence-electron chi connectivity index (χ3n) is 1.60. The van der Waals surface area contributed by atoms with E-state index in [2.05, 4.69) is 27.5 Å². The lowest BCUT2D eigenvalue weighted by atomic mass is 10.1. The monoisotopic (exact) mass is 226 g/mol. The number of nitrogens with two attached hydrogens (primary N) is 1. The maximum Gasteiger partial charge on any atom is 0.106 e. The molecule has 0 fully saturated rings. The van der Waals surface area contributed by atoms with Crippen molar-refractivity contribution in [2.45, 2.75) is 12.5 Å². The van der Waals surface area contributed by atoms with Gasteiger partial charge in [-0.3, -0.25) is 0 Å². The molecule has 0 saturated carbocycles. The fraction of sp³-hybridized carbons (Fsp3) is 0.222. The van der Waals surface area contributed by atoms with Crippen LogP contribution in [0.4, 0.5) is 0 Å². The van der Waals surface area contributed by atoms with E-state index in [1.165, 1.54) is 0 Å². The Morgan fingerprint density at radius 1 is 1.75 bits per heavy atom. The molecule has 1 aromatic heterocycles. The summed E-state index contributed by atoms with van der Waals surface area (Å²) in [4.78, 5) is 4.02. The standard InChI is InChI=1S/C9H11BrN2/c1-2-3-8(11)7-4-5-12-9(10)6-7/h2,4-6,8H,1,3,11H2/t8-/m1/s1. The highest BCUT2D eigenvalue weighted by atomic mass is 79.9. The van der Waals surface area contributed by atoms with Crippen LogP contribution in [0, 0.1) is 0 Å². The Kier molecular flexibility index (Phi) is 3.44. The van der Waals surface area contributed by atoms with Crippen molar-refractivity contribution in [1.29, 1.82) is 0 Å². The molecule has 0 spiro atoms. The molecule has 0 aliphatic carbocycles. The predicted octanol–water partition coefficient (Wildman–Crippen LogP) is 2.42. The molecule has 1 heterocycles. The van der Waals surface area contributed by atoms with Crippen molar-refractivity contribution in [3.8, 4) is 0 Å². The van der Waals surface area contributed by atoms with E-state index in [9.17, 15) is 0 Å². The number of hydrogen-bond donors (Lipinski definition) is 1. The lowest BCUT2D eigenvalue weighted by Gasteiger charge is -2.08. The molecule has 2 N–H and O–H groups in total. The molecule has 0 aliphatic heterocycles. The SMILES string of the molecule is C=CC[C@@H](N)c1ccnc(Br)c1. The second-order valence-corrected chi connectivity index (χ2v) is 3.36. The Morgan fingerprint density at radius 2 is 2.50 bits per heavy atom. The molecule has 0 aliphatic rings. The molecule has 0 radical (unpaired) electrons. The first kappa shape index (κ1) is 9.42. The Labute approximate surface area is 80.6 Å². The first-order valence-electron chi connectivity index (χ1n) is 3.72. The summed E-state index contributed by atoms with van der Waals surface area (Å²) in [7, 11) is 0. The van der Waals surface area contributed by atoms with Crippen LogP contribution in [0.15, 0.2) is 35.6 Å². The fourth-order valence-corrected chi connectivity index (χ4v) is 1.35. The summed E-state index contributed by atoms with van der Waals surface area (Å²) >= 11 is 3.29. The van der Waals surface area contributed by atoms with Gasteiger partial charge in [0.05, 0.1) is 0 Å². The topological polar surface area (TPSA) is 38.9 Å². The molecule has 1 atom stereocenters. The Hall–Kier alpha value is -0.670. The van der Waals surface area contributed by atoms with Gasteiger partial charge in [0.2, 0.25) is 0 Å². The van der Waals surface area contributed by atoms with Crippen molar-refractivity contribution in [3.05, 3.63) is 41.2 Å². The van der Waals surface area contributed by atoms with Crippen molar-refractivity contribution < 1.29 is 0 Å². The zero-order valence-electron chi connectivity index (χ0n) is 6.70. The zero-order chi connectivity index (χ0) is 8.97. The van der Waals surface area contributed by atoms with Gasteiger partial charge in [0, 0.05) is 12.2 Å². The van der Waals surface area contributed by atoms with Gasteiger partial charge >= 0.3 is 0 Å². The Balaban J connectivity index is 2.80. The van der Waals surface area contributed by atoms with Crippen molar-refractivity contribution in [2.24, 2.45) is 5.73 Å². The lowest BCUT2D eigenvalue weighted by molar-refractivity contribution is 0.739. The molecule has 0 unspecified atom stereocenters. The molecule has 0 amide bonds. The van der Waals surface area contributed by atoms with E-state index >= 15 is 0 Å². The van der Waals surface area contributed by atoms with E-state index in [0.717, 1.165) is 16.6 Å². The van der Waals surface area contributed by atoms with Gasteiger partial charge in [-0.1, -0.05) is 6.08 Å². The summed E-state index contributed by atoms with van der Waals surface area (Å²) in [5, 5.41) is 0. The van der Waals surface area contributed by atoms with Gasteiger partial charge in [-0.2, -0.15) is 0 Å². The predicted molar refractivity (Wildman–Crippen MR) is 53.7 cm³/mol. The van der Waals surface area contributed by atoms with Gasteiger partial charge < -0.3 is 5.73 Å². The van der Waals surface area contributed by atoms with Crippen LogP contribution in [-0.4, -0.2) is 4.98 Å². The molecular weight excluding hydrogens is 216 g/mol. The van der Waals surface area contributed by atoms with E-state index < -0.39 is 0 Å². The third kappa shape index (κ3) is 2.43. The molecule has 0 bridgehead atoms. The third-order valence-corrected chi connectivity index (χ3v) is 2.03. The van der Waals surface area contributed by atoms with Crippen LogP contribution in [0.25, 0.3) is 0 Å². The minimum Gasteiger partial charge on any atom is -0.324 e. The second kappa shape index (κ2) is 4.38. The minimum absolute atomic E-state index is 0.0294. The first-order valence-corrected chi connectivity index (χ1v) is 4.51. The van der Waals surface area contributed by atoms with Crippen molar-refractivity contribution >= 4 is 15.9 Å². The molecular formula is C9H11BrN2. The van der Waals surface area contributed by atoms with Crippen LogP contribution in [0.1, 0.15) is 18.0 Å².